The van der Waals surface area contributed by atoms with E-state index in [1.54, 1.807) is 24.3 Å². The monoisotopic (exact) mass is 422 g/mol. The van der Waals surface area contributed by atoms with Crippen LogP contribution in [0.15, 0.2) is 59.1 Å². The molecule has 3 aliphatic rings. The molecule has 2 aromatic rings. The van der Waals surface area contributed by atoms with Crippen molar-refractivity contribution in [2.45, 2.75) is 11.2 Å². The molecule has 9 heteroatoms. The summed E-state index contributed by atoms with van der Waals surface area (Å²) in [4.78, 5) is 51.3. The first-order valence-corrected chi connectivity index (χ1v) is 9.95. The van der Waals surface area contributed by atoms with Gasteiger partial charge in [-0.3, -0.25) is 9.59 Å². The van der Waals surface area contributed by atoms with Crippen molar-refractivity contribution in [2.24, 2.45) is 11.7 Å². The first kappa shape index (κ1) is 18.4. The number of para-hydroxylation sites is 1. The Morgan fingerprint density at radius 1 is 1.03 bits per heavy atom. The number of hydrogen-bond acceptors (Lipinski definition) is 7. The molecule has 8 nitrogen and oxygen atoms in total. The van der Waals surface area contributed by atoms with Crippen molar-refractivity contribution in [3.63, 3.8) is 0 Å². The maximum absolute atomic E-state index is 13.4. The molecule has 0 aromatic heterocycles. The summed E-state index contributed by atoms with van der Waals surface area (Å²) in [7, 11) is 0. The summed E-state index contributed by atoms with van der Waals surface area (Å²) >= 11 is 0.990. The maximum atomic E-state index is 13.4. The van der Waals surface area contributed by atoms with Crippen LogP contribution in [0.25, 0.3) is 0 Å². The number of fused-ring (bicyclic) bond motifs is 5. The van der Waals surface area contributed by atoms with E-state index in [1.165, 1.54) is 24.3 Å². The number of amides is 2. The molecule has 3 atom stereocenters. The average Bonchev–Trinajstić information content (AvgIpc) is 2.97. The molecule has 0 saturated carbocycles. The highest BCUT2D eigenvalue weighted by molar-refractivity contribution is 8.04. The fourth-order valence-corrected chi connectivity index (χ4v) is 5.45. The molecular formula is C21H14N2O6S. The highest BCUT2D eigenvalue weighted by atomic mass is 32.2. The van der Waals surface area contributed by atoms with E-state index in [9.17, 15) is 19.2 Å². The number of benzene rings is 2. The topological polar surface area (TPSA) is 127 Å². The summed E-state index contributed by atoms with van der Waals surface area (Å²) < 4.78 is 5.37. The SMILES string of the molecule is NC1=C2C(=O)Oc3ccccc3C2C2C(=O)N(c3ccc(C(=O)O)cc3)C(=O)C2S1. The molecule has 30 heavy (non-hydrogen) atoms. The lowest BCUT2D eigenvalue weighted by Gasteiger charge is -2.36. The largest absolute Gasteiger partial charge is 0.478 e. The van der Waals surface area contributed by atoms with Crippen molar-refractivity contribution < 1.29 is 29.0 Å². The Kier molecular flexibility index (Phi) is 3.97. The number of nitrogens with zero attached hydrogens (tertiary/aromatic N) is 1. The number of aromatic carboxylic acids is 1. The van der Waals surface area contributed by atoms with Gasteiger partial charge in [0.2, 0.25) is 11.8 Å². The molecule has 0 spiro atoms. The number of carbonyl (C=O) groups is 4. The van der Waals surface area contributed by atoms with E-state index in [-0.39, 0.29) is 21.9 Å². The van der Waals surface area contributed by atoms with Crippen molar-refractivity contribution in [1.29, 1.82) is 0 Å². The number of hydrogen-bond donors (Lipinski definition) is 2. The van der Waals surface area contributed by atoms with Gasteiger partial charge in [-0.05, 0) is 30.3 Å². The third-order valence-electron chi connectivity index (χ3n) is 5.53. The van der Waals surface area contributed by atoms with Gasteiger partial charge in [-0.15, -0.1) is 0 Å². The third kappa shape index (κ3) is 2.48. The van der Waals surface area contributed by atoms with Crippen LogP contribution < -0.4 is 15.4 Å². The van der Waals surface area contributed by atoms with Crippen molar-refractivity contribution in [2.75, 3.05) is 4.90 Å². The zero-order valence-electron chi connectivity index (χ0n) is 15.3. The second-order valence-corrected chi connectivity index (χ2v) is 8.29. The number of carboxylic acid groups (broad SMARTS) is 1. The predicted octanol–water partition coefficient (Wildman–Crippen LogP) is 1.86. The molecule has 3 N–H and O–H groups in total. The molecule has 1 saturated heterocycles. The van der Waals surface area contributed by atoms with E-state index in [2.05, 4.69) is 0 Å². The van der Waals surface area contributed by atoms with Crippen molar-refractivity contribution in [3.8, 4) is 5.75 Å². The fourth-order valence-electron chi connectivity index (χ4n) is 4.21. The average molecular weight is 422 g/mol. The molecule has 150 valence electrons. The Morgan fingerprint density at radius 3 is 2.43 bits per heavy atom. The number of ether oxygens (including phenoxy) is 1. The molecule has 3 unspecified atom stereocenters. The fraction of sp³-hybridized carbons (Fsp3) is 0.143. The molecule has 0 radical (unpaired) electrons. The standard InChI is InChI=1S/C21H14N2O6S/c22-17-15-13(11-3-1-2-4-12(11)29-21(15)28)14-16(30-17)19(25)23(18(14)24)10-7-5-9(6-8-10)20(26)27/h1-8,13-14,16H,22H2,(H,26,27). The van der Waals surface area contributed by atoms with Gasteiger partial charge >= 0.3 is 11.9 Å². The van der Waals surface area contributed by atoms with Crippen LogP contribution in [0.2, 0.25) is 0 Å². The van der Waals surface area contributed by atoms with E-state index >= 15 is 0 Å². The van der Waals surface area contributed by atoms with Crippen LogP contribution in [-0.2, 0) is 14.4 Å². The summed E-state index contributed by atoms with van der Waals surface area (Å²) in [5.41, 5.74) is 7.28. The van der Waals surface area contributed by atoms with Gasteiger partial charge < -0.3 is 15.6 Å². The first-order chi connectivity index (χ1) is 14.4. The molecule has 0 aliphatic carbocycles. The number of carbonyl (C=O) groups excluding carboxylic acids is 3. The summed E-state index contributed by atoms with van der Waals surface area (Å²) in [5.74, 6) is -3.79. The van der Waals surface area contributed by atoms with Crippen molar-refractivity contribution >= 4 is 41.2 Å². The van der Waals surface area contributed by atoms with E-state index in [0.717, 1.165) is 16.7 Å². The Hall–Kier alpha value is -3.59. The zero-order valence-corrected chi connectivity index (χ0v) is 16.1. The maximum Gasteiger partial charge on any atom is 0.342 e. The number of rotatable bonds is 2. The minimum absolute atomic E-state index is 0.0433. The van der Waals surface area contributed by atoms with Gasteiger partial charge in [0.25, 0.3) is 0 Å². The molecule has 3 heterocycles. The number of nitrogens with two attached hydrogens (primary N) is 1. The lowest BCUT2D eigenvalue weighted by molar-refractivity contribution is -0.131. The quantitative estimate of drug-likeness (QED) is 0.427. The first-order valence-electron chi connectivity index (χ1n) is 9.07. The second kappa shape index (κ2) is 6.46. The Balaban J connectivity index is 1.61. The highest BCUT2D eigenvalue weighted by Crippen LogP contribution is 2.54. The Bertz CT molecular complexity index is 1170. The third-order valence-corrected chi connectivity index (χ3v) is 6.76. The van der Waals surface area contributed by atoms with Crippen LogP contribution >= 0.6 is 11.8 Å². The van der Waals surface area contributed by atoms with Crippen LogP contribution in [0.1, 0.15) is 21.8 Å². The van der Waals surface area contributed by atoms with E-state index in [4.69, 9.17) is 15.6 Å². The van der Waals surface area contributed by atoms with Gasteiger partial charge in [-0.25, -0.2) is 14.5 Å². The second-order valence-electron chi connectivity index (χ2n) is 7.11. The van der Waals surface area contributed by atoms with Crippen molar-refractivity contribution in [1.82, 2.24) is 0 Å². The van der Waals surface area contributed by atoms with Gasteiger partial charge in [0.05, 0.1) is 27.8 Å². The molecule has 0 bridgehead atoms. The van der Waals surface area contributed by atoms with Crippen LogP contribution in [0.5, 0.6) is 5.75 Å². The molecule has 5 rings (SSSR count). The van der Waals surface area contributed by atoms with Crippen LogP contribution in [0, 0.1) is 5.92 Å². The summed E-state index contributed by atoms with van der Waals surface area (Å²) in [6.07, 6.45) is 0. The van der Waals surface area contributed by atoms with Crippen LogP contribution in [-0.4, -0.2) is 34.1 Å². The molecule has 2 aromatic carbocycles. The van der Waals surface area contributed by atoms with Gasteiger partial charge in [0.15, 0.2) is 0 Å². The number of imide groups is 1. The van der Waals surface area contributed by atoms with E-state index in [0.29, 0.717) is 11.3 Å². The van der Waals surface area contributed by atoms with Gasteiger partial charge in [0.1, 0.15) is 11.0 Å². The van der Waals surface area contributed by atoms with Gasteiger partial charge in [0, 0.05) is 11.5 Å². The normalized spacial score (nSPS) is 24.9. The number of carboxylic acids is 1. The molecule has 3 aliphatic heterocycles. The Morgan fingerprint density at radius 2 is 1.73 bits per heavy atom. The van der Waals surface area contributed by atoms with Gasteiger partial charge in [-0.1, -0.05) is 30.0 Å². The minimum atomic E-state index is -1.11. The molecule has 2 amide bonds. The van der Waals surface area contributed by atoms with Crippen LogP contribution in [0.3, 0.4) is 0 Å². The number of thioether (sulfide) groups is 1. The Labute approximate surface area is 174 Å². The lowest BCUT2D eigenvalue weighted by Crippen LogP contribution is -2.39. The molecular weight excluding hydrogens is 408 g/mol. The van der Waals surface area contributed by atoms with E-state index < -0.39 is 40.8 Å². The summed E-state index contributed by atoms with van der Waals surface area (Å²) in [6.45, 7) is 0. The lowest BCUT2D eigenvalue weighted by atomic mass is 9.77. The zero-order chi connectivity index (χ0) is 21.2. The number of esters is 1. The van der Waals surface area contributed by atoms with Crippen molar-refractivity contribution in [3.05, 3.63) is 70.3 Å². The van der Waals surface area contributed by atoms with E-state index in [1.807, 2.05) is 0 Å². The minimum Gasteiger partial charge on any atom is -0.478 e. The van der Waals surface area contributed by atoms with Gasteiger partial charge in [-0.2, -0.15) is 0 Å². The number of anilines is 1. The molecule has 1 fully saturated rings. The summed E-state index contributed by atoms with van der Waals surface area (Å²) in [5, 5.41) is 8.46. The van der Waals surface area contributed by atoms with Crippen LogP contribution in [0.4, 0.5) is 5.69 Å². The highest BCUT2D eigenvalue weighted by Gasteiger charge is 2.58. The smallest absolute Gasteiger partial charge is 0.342 e. The summed E-state index contributed by atoms with van der Waals surface area (Å²) in [6, 6.07) is 12.4. The predicted molar refractivity (Wildman–Crippen MR) is 107 cm³/mol.